The number of sulfonamides is 1. The maximum absolute atomic E-state index is 13.1. The van der Waals surface area contributed by atoms with Gasteiger partial charge < -0.3 is 10.1 Å². The second kappa shape index (κ2) is 8.77. The van der Waals surface area contributed by atoms with Crippen molar-refractivity contribution in [3.05, 3.63) is 82.9 Å². The number of nitrogens with one attached hydrogen (secondary N) is 1. The van der Waals surface area contributed by atoms with Crippen LogP contribution in [-0.2, 0) is 10.0 Å². The lowest BCUT2D eigenvalue weighted by Crippen LogP contribution is -2.26. The number of aryl methyl sites for hydroxylation is 1. The van der Waals surface area contributed by atoms with Gasteiger partial charge in [-0.05, 0) is 55.5 Å². The Morgan fingerprint density at radius 2 is 1.73 bits per heavy atom. The Balaban J connectivity index is 1.89. The van der Waals surface area contributed by atoms with E-state index in [0.29, 0.717) is 22.1 Å². The van der Waals surface area contributed by atoms with Crippen molar-refractivity contribution in [2.75, 3.05) is 23.8 Å². The Bertz CT molecular complexity index is 1180. The average Bonchev–Trinajstić information content (AvgIpc) is 2.74. The fourth-order valence-corrected chi connectivity index (χ4v) is 4.24. The molecule has 0 fully saturated rings. The number of hydrogen-bond acceptors (Lipinski definition) is 4. The van der Waals surface area contributed by atoms with E-state index in [1.165, 1.54) is 42.7 Å². The van der Waals surface area contributed by atoms with Crippen molar-refractivity contribution in [2.24, 2.45) is 0 Å². The van der Waals surface area contributed by atoms with E-state index in [0.717, 1.165) is 5.56 Å². The van der Waals surface area contributed by atoms with E-state index in [2.05, 4.69) is 5.32 Å². The Hall–Kier alpha value is -3.03. The molecule has 1 amide bonds. The summed E-state index contributed by atoms with van der Waals surface area (Å²) >= 11 is 6.00. The zero-order valence-corrected chi connectivity index (χ0v) is 18.3. The molecule has 0 aliphatic heterocycles. The summed E-state index contributed by atoms with van der Waals surface area (Å²) < 4.78 is 32.5. The number of rotatable bonds is 6. The summed E-state index contributed by atoms with van der Waals surface area (Å²) in [5.41, 5.74) is 2.13. The Morgan fingerprint density at radius 3 is 2.40 bits per heavy atom. The summed E-state index contributed by atoms with van der Waals surface area (Å²) in [5, 5.41) is 3.14. The molecule has 8 heteroatoms. The number of ether oxygens (including phenoxy) is 1. The number of halogens is 1. The van der Waals surface area contributed by atoms with E-state index >= 15 is 0 Å². The third kappa shape index (κ3) is 4.58. The molecule has 1 N–H and O–H groups in total. The number of amides is 1. The normalized spacial score (nSPS) is 11.1. The lowest BCUT2D eigenvalue weighted by molar-refractivity contribution is 0.102. The Labute approximate surface area is 181 Å². The van der Waals surface area contributed by atoms with Crippen LogP contribution in [0, 0.1) is 6.92 Å². The van der Waals surface area contributed by atoms with Gasteiger partial charge in [-0.1, -0.05) is 35.4 Å². The molecule has 0 aliphatic rings. The summed E-state index contributed by atoms with van der Waals surface area (Å²) in [5.74, 6) is -0.0405. The van der Waals surface area contributed by atoms with Gasteiger partial charge in [0.2, 0.25) is 0 Å². The zero-order valence-electron chi connectivity index (χ0n) is 16.7. The van der Waals surface area contributed by atoms with E-state index < -0.39 is 15.9 Å². The SMILES string of the molecule is COc1ccc(Cl)cc1NC(=O)c1cccc(S(=O)(=O)N(C)c2ccc(C)cc2)c1. The highest BCUT2D eigenvalue weighted by molar-refractivity contribution is 7.92. The predicted molar refractivity (Wildman–Crippen MR) is 119 cm³/mol. The van der Waals surface area contributed by atoms with Gasteiger partial charge in [-0.3, -0.25) is 9.10 Å². The van der Waals surface area contributed by atoms with Gasteiger partial charge in [0.1, 0.15) is 5.75 Å². The van der Waals surface area contributed by atoms with E-state index in [9.17, 15) is 13.2 Å². The van der Waals surface area contributed by atoms with Crippen LogP contribution in [0.25, 0.3) is 0 Å². The zero-order chi connectivity index (χ0) is 21.9. The van der Waals surface area contributed by atoms with Crippen molar-refractivity contribution in [2.45, 2.75) is 11.8 Å². The lowest BCUT2D eigenvalue weighted by atomic mass is 10.2. The minimum atomic E-state index is -3.85. The standard InChI is InChI=1S/C22H21ClN2O4S/c1-15-7-10-18(11-8-15)25(2)30(27,28)19-6-4-5-16(13-19)22(26)24-20-14-17(23)9-12-21(20)29-3/h4-14H,1-3H3,(H,24,26). The van der Waals surface area contributed by atoms with Crippen molar-refractivity contribution in [3.8, 4) is 5.75 Å². The summed E-state index contributed by atoms with van der Waals surface area (Å²) in [6, 6.07) is 17.8. The molecule has 0 spiro atoms. The first-order chi connectivity index (χ1) is 14.2. The minimum Gasteiger partial charge on any atom is -0.495 e. The molecule has 0 atom stereocenters. The van der Waals surface area contributed by atoms with E-state index in [1.54, 1.807) is 30.3 Å². The molecular weight excluding hydrogens is 424 g/mol. The third-order valence-electron chi connectivity index (χ3n) is 4.56. The highest BCUT2D eigenvalue weighted by Crippen LogP contribution is 2.28. The number of benzene rings is 3. The molecule has 3 aromatic rings. The van der Waals surface area contributed by atoms with Gasteiger partial charge in [-0.25, -0.2) is 8.42 Å². The Kier molecular flexibility index (Phi) is 6.34. The second-order valence-electron chi connectivity index (χ2n) is 6.63. The van der Waals surface area contributed by atoms with Crippen LogP contribution < -0.4 is 14.4 Å². The number of methoxy groups -OCH3 is 1. The molecule has 0 aromatic heterocycles. The summed E-state index contributed by atoms with van der Waals surface area (Å²) in [7, 11) is -0.891. The van der Waals surface area contributed by atoms with E-state index in [-0.39, 0.29) is 10.5 Å². The van der Waals surface area contributed by atoms with Crippen molar-refractivity contribution in [3.63, 3.8) is 0 Å². The third-order valence-corrected chi connectivity index (χ3v) is 6.58. The summed E-state index contributed by atoms with van der Waals surface area (Å²) in [4.78, 5) is 12.7. The van der Waals surface area contributed by atoms with Crippen LogP contribution in [0.4, 0.5) is 11.4 Å². The van der Waals surface area contributed by atoms with Crippen molar-refractivity contribution in [1.29, 1.82) is 0 Å². The fraction of sp³-hybridized carbons (Fsp3) is 0.136. The summed E-state index contributed by atoms with van der Waals surface area (Å²) in [6.45, 7) is 1.93. The quantitative estimate of drug-likeness (QED) is 0.596. The molecule has 3 aromatic carbocycles. The first-order valence-corrected chi connectivity index (χ1v) is 10.8. The molecule has 6 nitrogen and oxygen atoms in total. The molecule has 156 valence electrons. The van der Waals surface area contributed by atoms with Crippen molar-refractivity contribution >= 4 is 38.9 Å². The number of nitrogens with zero attached hydrogens (tertiary/aromatic N) is 1. The van der Waals surface area contributed by atoms with Crippen LogP contribution in [0.15, 0.2) is 71.6 Å². The molecule has 0 unspecified atom stereocenters. The van der Waals surface area contributed by atoms with Crippen LogP contribution in [-0.4, -0.2) is 28.5 Å². The van der Waals surface area contributed by atoms with Gasteiger partial charge in [0.15, 0.2) is 0 Å². The molecule has 0 heterocycles. The van der Waals surface area contributed by atoms with E-state index in [4.69, 9.17) is 16.3 Å². The number of hydrogen-bond donors (Lipinski definition) is 1. The first-order valence-electron chi connectivity index (χ1n) is 9.03. The molecule has 0 saturated heterocycles. The minimum absolute atomic E-state index is 0.0104. The highest BCUT2D eigenvalue weighted by Gasteiger charge is 2.22. The van der Waals surface area contributed by atoms with Gasteiger partial charge >= 0.3 is 0 Å². The van der Waals surface area contributed by atoms with Crippen LogP contribution >= 0.6 is 11.6 Å². The van der Waals surface area contributed by atoms with Crippen LogP contribution in [0.5, 0.6) is 5.75 Å². The number of carbonyl (C=O) groups is 1. The predicted octanol–water partition coefficient (Wildman–Crippen LogP) is 4.73. The van der Waals surface area contributed by atoms with Gasteiger partial charge in [-0.2, -0.15) is 0 Å². The van der Waals surface area contributed by atoms with Crippen molar-refractivity contribution in [1.82, 2.24) is 0 Å². The smallest absolute Gasteiger partial charge is 0.264 e. The molecule has 0 aliphatic carbocycles. The van der Waals surface area contributed by atoms with Crippen molar-refractivity contribution < 1.29 is 17.9 Å². The number of anilines is 2. The topological polar surface area (TPSA) is 75.7 Å². The number of carbonyl (C=O) groups excluding carboxylic acids is 1. The maximum atomic E-state index is 13.1. The van der Waals surface area contributed by atoms with Gasteiger partial charge in [0, 0.05) is 17.6 Å². The largest absolute Gasteiger partial charge is 0.495 e. The molecule has 0 radical (unpaired) electrons. The average molecular weight is 445 g/mol. The molecule has 0 bridgehead atoms. The summed E-state index contributed by atoms with van der Waals surface area (Å²) in [6.07, 6.45) is 0. The van der Waals surface area contributed by atoms with Crippen LogP contribution in [0.1, 0.15) is 15.9 Å². The molecule has 0 saturated carbocycles. The monoisotopic (exact) mass is 444 g/mol. The van der Waals surface area contributed by atoms with E-state index in [1.807, 2.05) is 19.1 Å². The van der Waals surface area contributed by atoms with Gasteiger partial charge in [0.05, 0.1) is 23.4 Å². The molecular formula is C22H21ClN2O4S. The Morgan fingerprint density at radius 1 is 1.03 bits per heavy atom. The maximum Gasteiger partial charge on any atom is 0.264 e. The molecule has 3 rings (SSSR count). The fourth-order valence-electron chi connectivity index (χ4n) is 2.82. The van der Waals surface area contributed by atoms with Gasteiger partial charge in [0.25, 0.3) is 15.9 Å². The van der Waals surface area contributed by atoms with Crippen LogP contribution in [0.3, 0.4) is 0 Å². The molecule has 30 heavy (non-hydrogen) atoms. The highest BCUT2D eigenvalue weighted by atomic mass is 35.5. The first kappa shape index (κ1) is 21.7. The van der Waals surface area contributed by atoms with Crippen LogP contribution in [0.2, 0.25) is 5.02 Å². The lowest BCUT2D eigenvalue weighted by Gasteiger charge is -2.20. The second-order valence-corrected chi connectivity index (χ2v) is 9.04. The van der Waals surface area contributed by atoms with Gasteiger partial charge in [-0.15, -0.1) is 0 Å².